The monoisotopic (exact) mass is 297 g/mol. The molecule has 0 radical (unpaired) electrons. The maximum Gasteiger partial charge on any atom is 0.306 e. The van der Waals surface area contributed by atoms with E-state index >= 15 is 0 Å². The SMILES string of the molecule is CC1CCCCC1NC(=O)COC1CCC(C(=O)O)CC1. The van der Waals surface area contributed by atoms with Crippen LogP contribution in [0, 0.1) is 11.8 Å². The van der Waals surface area contributed by atoms with E-state index in [0.717, 1.165) is 19.3 Å². The summed E-state index contributed by atoms with van der Waals surface area (Å²) >= 11 is 0. The van der Waals surface area contributed by atoms with E-state index in [2.05, 4.69) is 12.2 Å². The van der Waals surface area contributed by atoms with Gasteiger partial charge in [-0.25, -0.2) is 0 Å². The first kappa shape index (κ1) is 16.3. The van der Waals surface area contributed by atoms with E-state index in [1.807, 2.05) is 0 Å². The highest BCUT2D eigenvalue weighted by Gasteiger charge is 2.27. The van der Waals surface area contributed by atoms with Gasteiger partial charge < -0.3 is 15.2 Å². The molecule has 2 atom stereocenters. The number of carbonyl (C=O) groups excluding carboxylic acids is 1. The number of hydrogen-bond acceptors (Lipinski definition) is 3. The Morgan fingerprint density at radius 2 is 1.76 bits per heavy atom. The Bertz CT molecular complexity index is 363. The zero-order valence-electron chi connectivity index (χ0n) is 12.8. The summed E-state index contributed by atoms with van der Waals surface area (Å²) in [5.41, 5.74) is 0. The quantitative estimate of drug-likeness (QED) is 0.816. The van der Waals surface area contributed by atoms with Crippen LogP contribution in [0.2, 0.25) is 0 Å². The zero-order chi connectivity index (χ0) is 15.2. The normalized spacial score (nSPS) is 33.4. The Kier molecular flexibility index (Phi) is 6.03. The van der Waals surface area contributed by atoms with Gasteiger partial charge in [-0.1, -0.05) is 19.8 Å². The Morgan fingerprint density at radius 3 is 2.38 bits per heavy atom. The predicted molar refractivity (Wildman–Crippen MR) is 78.9 cm³/mol. The van der Waals surface area contributed by atoms with Gasteiger partial charge in [0.2, 0.25) is 5.91 Å². The third-order valence-electron chi connectivity index (χ3n) is 4.93. The van der Waals surface area contributed by atoms with Crippen LogP contribution >= 0.6 is 0 Å². The smallest absolute Gasteiger partial charge is 0.306 e. The van der Waals surface area contributed by atoms with Crippen molar-refractivity contribution in [2.75, 3.05) is 6.61 Å². The van der Waals surface area contributed by atoms with Gasteiger partial charge in [0.25, 0.3) is 0 Å². The lowest BCUT2D eigenvalue weighted by Gasteiger charge is -2.30. The molecule has 0 aromatic rings. The van der Waals surface area contributed by atoms with Crippen molar-refractivity contribution in [1.82, 2.24) is 5.32 Å². The molecule has 0 bridgehead atoms. The number of ether oxygens (including phenoxy) is 1. The Balaban J connectivity index is 1.64. The predicted octanol–water partition coefficient (Wildman–Crippen LogP) is 2.34. The van der Waals surface area contributed by atoms with Crippen molar-refractivity contribution in [2.45, 2.75) is 70.4 Å². The van der Waals surface area contributed by atoms with Crippen molar-refractivity contribution >= 4 is 11.9 Å². The van der Waals surface area contributed by atoms with Crippen LogP contribution in [0.1, 0.15) is 58.3 Å². The molecule has 0 aromatic carbocycles. The maximum atomic E-state index is 11.9. The summed E-state index contributed by atoms with van der Waals surface area (Å²) in [6.45, 7) is 2.30. The molecule has 2 fully saturated rings. The van der Waals surface area contributed by atoms with Gasteiger partial charge in [0.05, 0.1) is 12.0 Å². The molecule has 0 saturated heterocycles. The Labute approximate surface area is 126 Å². The van der Waals surface area contributed by atoms with Gasteiger partial charge in [0, 0.05) is 6.04 Å². The van der Waals surface area contributed by atoms with E-state index in [1.165, 1.54) is 19.3 Å². The van der Waals surface area contributed by atoms with Crippen LogP contribution in [0.25, 0.3) is 0 Å². The lowest BCUT2D eigenvalue weighted by molar-refractivity contribution is -0.144. The number of nitrogens with one attached hydrogen (secondary N) is 1. The van der Waals surface area contributed by atoms with Crippen molar-refractivity contribution in [3.05, 3.63) is 0 Å². The molecular formula is C16H27NO4. The van der Waals surface area contributed by atoms with Crippen molar-refractivity contribution in [1.29, 1.82) is 0 Å². The molecule has 2 N–H and O–H groups in total. The van der Waals surface area contributed by atoms with Crippen molar-refractivity contribution in [2.24, 2.45) is 11.8 Å². The van der Waals surface area contributed by atoms with Crippen molar-refractivity contribution in [3.8, 4) is 0 Å². The van der Waals surface area contributed by atoms with Gasteiger partial charge in [-0.05, 0) is 44.4 Å². The molecular weight excluding hydrogens is 270 g/mol. The highest BCUT2D eigenvalue weighted by Crippen LogP contribution is 2.26. The fourth-order valence-electron chi connectivity index (χ4n) is 3.45. The summed E-state index contributed by atoms with van der Waals surface area (Å²) < 4.78 is 5.64. The van der Waals surface area contributed by atoms with E-state index in [9.17, 15) is 9.59 Å². The summed E-state index contributed by atoms with van der Waals surface area (Å²) in [5, 5.41) is 12.0. The van der Waals surface area contributed by atoms with Gasteiger partial charge in [-0.2, -0.15) is 0 Å². The fourth-order valence-corrected chi connectivity index (χ4v) is 3.45. The largest absolute Gasteiger partial charge is 0.481 e. The number of hydrogen-bond donors (Lipinski definition) is 2. The molecule has 1 amide bonds. The molecule has 2 aliphatic carbocycles. The molecule has 120 valence electrons. The van der Waals surface area contributed by atoms with Crippen molar-refractivity contribution < 1.29 is 19.4 Å². The average molecular weight is 297 g/mol. The minimum absolute atomic E-state index is 0.0332. The lowest BCUT2D eigenvalue weighted by atomic mass is 9.86. The van der Waals surface area contributed by atoms with E-state index in [1.54, 1.807) is 0 Å². The summed E-state index contributed by atoms with van der Waals surface area (Å²) in [5.74, 6) is -0.429. The fraction of sp³-hybridized carbons (Fsp3) is 0.875. The van der Waals surface area contributed by atoms with Crippen LogP contribution in [0.5, 0.6) is 0 Å². The average Bonchev–Trinajstić information content (AvgIpc) is 2.48. The van der Waals surface area contributed by atoms with Crippen molar-refractivity contribution in [3.63, 3.8) is 0 Å². The van der Waals surface area contributed by atoms with E-state index in [0.29, 0.717) is 18.8 Å². The minimum Gasteiger partial charge on any atom is -0.481 e. The molecule has 5 nitrogen and oxygen atoms in total. The summed E-state index contributed by atoms with van der Waals surface area (Å²) in [7, 11) is 0. The highest BCUT2D eigenvalue weighted by atomic mass is 16.5. The third-order valence-corrected chi connectivity index (χ3v) is 4.93. The Morgan fingerprint density at radius 1 is 1.10 bits per heavy atom. The molecule has 0 aliphatic heterocycles. The van der Waals surface area contributed by atoms with Gasteiger partial charge in [0.1, 0.15) is 6.61 Å². The van der Waals surface area contributed by atoms with Gasteiger partial charge in [-0.3, -0.25) is 9.59 Å². The van der Waals surface area contributed by atoms with Crippen LogP contribution in [-0.4, -0.2) is 35.7 Å². The first-order valence-electron chi connectivity index (χ1n) is 8.20. The number of carbonyl (C=O) groups is 2. The lowest BCUT2D eigenvalue weighted by Crippen LogP contribution is -2.43. The highest BCUT2D eigenvalue weighted by molar-refractivity contribution is 5.77. The molecule has 0 aromatic heterocycles. The number of aliphatic carboxylic acids is 1. The second-order valence-electron chi connectivity index (χ2n) is 6.56. The van der Waals surface area contributed by atoms with E-state index in [4.69, 9.17) is 9.84 Å². The third kappa shape index (κ3) is 4.99. The molecule has 0 spiro atoms. The number of carboxylic acids is 1. The van der Waals surface area contributed by atoms with Crippen LogP contribution < -0.4 is 5.32 Å². The second-order valence-corrected chi connectivity index (χ2v) is 6.56. The molecule has 2 unspecified atom stereocenters. The van der Waals surface area contributed by atoms with Gasteiger partial charge in [0.15, 0.2) is 0 Å². The summed E-state index contributed by atoms with van der Waals surface area (Å²) in [6, 6.07) is 0.289. The molecule has 2 rings (SSSR count). The summed E-state index contributed by atoms with van der Waals surface area (Å²) in [6.07, 6.45) is 7.53. The first-order chi connectivity index (χ1) is 10.1. The maximum absolute atomic E-state index is 11.9. The molecule has 2 saturated carbocycles. The topological polar surface area (TPSA) is 75.6 Å². The van der Waals surface area contributed by atoms with Gasteiger partial charge in [-0.15, -0.1) is 0 Å². The standard InChI is InChI=1S/C16H27NO4/c1-11-4-2-3-5-14(11)17-15(18)10-21-13-8-6-12(7-9-13)16(19)20/h11-14H,2-10H2,1H3,(H,17,18)(H,19,20). The van der Waals surface area contributed by atoms with E-state index < -0.39 is 5.97 Å². The zero-order valence-corrected chi connectivity index (χ0v) is 12.8. The van der Waals surface area contributed by atoms with Crippen LogP contribution in [0.15, 0.2) is 0 Å². The number of carboxylic acid groups (broad SMARTS) is 1. The molecule has 5 heteroatoms. The molecule has 21 heavy (non-hydrogen) atoms. The van der Waals surface area contributed by atoms with Crippen LogP contribution in [-0.2, 0) is 14.3 Å². The van der Waals surface area contributed by atoms with Crippen LogP contribution in [0.3, 0.4) is 0 Å². The summed E-state index contributed by atoms with van der Waals surface area (Å²) in [4.78, 5) is 22.8. The van der Waals surface area contributed by atoms with Crippen LogP contribution in [0.4, 0.5) is 0 Å². The number of amides is 1. The van der Waals surface area contributed by atoms with E-state index in [-0.39, 0.29) is 30.6 Å². The second kappa shape index (κ2) is 7.78. The Hall–Kier alpha value is -1.10. The van der Waals surface area contributed by atoms with Gasteiger partial charge >= 0.3 is 5.97 Å². The minimum atomic E-state index is -0.711. The molecule has 0 heterocycles. The molecule has 2 aliphatic rings. The number of rotatable bonds is 5. The first-order valence-corrected chi connectivity index (χ1v) is 8.20.